The highest BCUT2D eigenvalue weighted by atomic mass is 19.1. The predicted octanol–water partition coefficient (Wildman–Crippen LogP) is 7.02. The average molecular weight is 466 g/mol. The summed E-state index contributed by atoms with van der Waals surface area (Å²) in [6, 6.07) is 16.5. The highest BCUT2D eigenvalue weighted by molar-refractivity contribution is 5.80. The van der Waals surface area contributed by atoms with E-state index in [4.69, 9.17) is 10.7 Å². The Balaban J connectivity index is 1.75. The SMILES string of the molecule is C=C1CC2(CCc3ccccc31)Cc1ccc(-c3cncc(F)c3)cc1C2(N=C(C)N)C(=C)CC. The van der Waals surface area contributed by atoms with Crippen LogP contribution in [-0.2, 0) is 18.4 Å². The number of pyridine rings is 1. The lowest BCUT2D eigenvalue weighted by molar-refractivity contribution is 0.164. The Morgan fingerprint density at radius 2 is 1.89 bits per heavy atom. The number of rotatable bonds is 4. The fraction of sp³-hybridized carbons (Fsp3) is 0.290. The van der Waals surface area contributed by atoms with E-state index in [-0.39, 0.29) is 11.2 Å². The van der Waals surface area contributed by atoms with Gasteiger partial charge in [-0.3, -0.25) is 9.98 Å². The summed E-state index contributed by atoms with van der Waals surface area (Å²) >= 11 is 0. The van der Waals surface area contributed by atoms with Gasteiger partial charge < -0.3 is 5.73 Å². The number of aryl methyl sites for hydroxylation is 1. The van der Waals surface area contributed by atoms with Gasteiger partial charge in [0.25, 0.3) is 0 Å². The highest BCUT2D eigenvalue weighted by Crippen LogP contribution is 2.63. The molecule has 0 saturated heterocycles. The minimum absolute atomic E-state index is 0.238. The zero-order valence-electron chi connectivity index (χ0n) is 20.6. The molecule has 1 aromatic heterocycles. The lowest BCUT2D eigenvalue weighted by Gasteiger charge is -2.46. The third-order valence-corrected chi connectivity index (χ3v) is 7.94. The number of amidine groups is 1. The van der Waals surface area contributed by atoms with E-state index >= 15 is 0 Å². The van der Waals surface area contributed by atoms with Crippen molar-refractivity contribution in [1.82, 2.24) is 4.98 Å². The number of aliphatic imine (C=N–C) groups is 1. The molecule has 2 unspecified atom stereocenters. The van der Waals surface area contributed by atoms with E-state index < -0.39 is 5.54 Å². The third-order valence-electron chi connectivity index (χ3n) is 7.94. The number of nitrogens with zero attached hydrogens (tertiary/aromatic N) is 2. The summed E-state index contributed by atoms with van der Waals surface area (Å²) in [5.41, 5.74) is 14.2. The topological polar surface area (TPSA) is 51.3 Å². The molecular weight excluding hydrogens is 433 g/mol. The first-order valence-electron chi connectivity index (χ1n) is 12.3. The standard InChI is InChI=1S/C31H32FN3/c1-5-21(3)31(35-22(4)33)29-15-24(26-14-27(32)19-34-18-26)10-11-25(29)17-30(31)13-12-23-8-6-7-9-28(23)20(2)16-30/h6-11,14-15,18-19H,2-3,5,12-13,16-17H2,1,4H3,(H2,33,35). The largest absolute Gasteiger partial charge is 0.388 e. The second-order valence-corrected chi connectivity index (χ2v) is 10.1. The number of allylic oxidation sites excluding steroid dienone is 1. The van der Waals surface area contributed by atoms with Crippen molar-refractivity contribution in [2.45, 2.75) is 51.5 Å². The smallest absolute Gasteiger partial charge is 0.142 e. The van der Waals surface area contributed by atoms with E-state index in [1.807, 2.05) is 6.92 Å². The Bertz CT molecular complexity index is 1370. The summed E-state index contributed by atoms with van der Waals surface area (Å²) in [7, 11) is 0. The van der Waals surface area contributed by atoms with Crippen LogP contribution in [0.5, 0.6) is 0 Å². The first kappa shape index (κ1) is 23.2. The number of nitrogens with two attached hydrogens (primary N) is 1. The molecule has 1 heterocycles. The van der Waals surface area contributed by atoms with Crippen LogP contribution in [0.25, 0.3) is 16.7 Å². The second-order valence-electron chi connectivity index (χ2n) is 10.1. The van der Waals surface area contributed by atoms with Gasteiger partial charge in [0.1, 0.15) is 11.4 Å². The zero-order valence-corrected chi connectivity index (χ0v) is 20.6. The number of halogens is 1. The van der Waals surface area contributed by atoms with Crippen molar-refractivity contribution in [3.8, 4) is 11.1 Å². The van der Waals surface area contributed by atoms with Crippen molar-refractivity contribution in [1.29, 1.82) is 0 Å². The third kappa shape index (κ3) is 3.63. The summed E-state index contributed by atoms with van der Waals surface area (Å²) in [5, 5.41) is 0. The molecule has 0 saturated carbocycles. The highest BCUT2D eigenvalue weighted by Gasteiger charge is 2.59. The Morgan fingerprint density at radius 1 is 1.09 bits per heavy atom. The van der Waals surface area contributed by atoms with Crippen LogP contribution >= 0.6 is 0 Å². The van der Waals surface area contributed by atoms with Crippen LogP contribution in [0.15, 0.2) is 84.6 Å². The second kappa shape index (κ2) is 8.60. The molecule has 0 bridgehead atoms. The minimum Gasteiger partial charge on any atom is -0.388 e. The fourth-order valence-corrected chi connectivity index (χ4v) is 6.45. The predicted molar refractivity (Wildman–Crippen MR) is 143 cm³/mol. The summed E-state index contributed by atoms with van der Waals surface area (Å²) < 4.78 is 14.0. The molecule has 0 fully saturated rings. The van der Waals surface area contributed by atoms with Gasteiger partial charge >= 0.3 is 0 Å². The van der Waals surface area contributed by atoms with E-state index in [2.05, 4.69) is 67.5 Å². The molecule has 4 heteroatoms. The normalized spacial score (nSPS) is 23.6. The monoisotopic (exact) mass is 465 g/mol. The number of hydrogen-bond donors (Lipinski definition) is 1. The van der Waals surface area contributed by atoms with Crippen LogP contribution in [0.1, 0.15) is 55.4 Å². The maximum Gasteiger partial charge on any atom is 0.142 e. The summed E-state index contributed by atoms with van der Waals surface area (Å²) in [5.74, 6) is 0.189. The Kier molecular flexibility index (Phi) is 5.71. The van der Waals surface area contributed by atoms with Gasteiger partial charge in [-0.05, 0) is 90.1 Å². The Hall–Kier alpha value is -3.53. The van der Waals surface area contributed by atoms with Crippen molar-refractivity contribution in [2.24, 2.45) is 16.1 Å². The number of aromatic nitrogens is 1. The summed E-state index contributed by atoms with van der Waals surface area (Å²) in [6.07, 6.45) is 7.28. The Morgan fingerprint density at radius 3 is 2.63 bits per heavy atom. The van der Waals surface area contributed by atoms with E-state index in [0.29, 0.717) is 5.84 Å². The maximum absolute atomic E-state index is 14.0. The first-order valence-corrected chi connectivity index (χ1v) is 12.3. The molecule has 0 aliphatic heterocycles. The molecule has 0 amide bonds. The van der Waals surface area contributed by atoms with Crippen LogP contribution in [0.2, 0.25) is 0 Å². The summed E-state index contributed by atoms with van der Waals surface area (Å²) in [6.45, 7) is 13.1. The van der Waals surface area contributed by atoms with Gasteiger partial charge in [0, 0.05) is 17.2 Å². The fourth-order valence-electron chi connectivity index (χ4n) is 6.45. The number of fused-ring (bicyclic) bond motifs is 2. The molecule has 5 rings (SSSR count). The van der Waals surface area contributed by atoms with Crippen LogP contribution in [0.4, 0.5) is 4.39 Å². The average Bonchev–Trinajstić information content (AvgIpc) is 3.01. The van der Waals surface area contributed by atoms with Gasteiger partial charge in [-0.1, -0.05) is 56.5 Å². The minimum atomic E-state index is -0.683. The van der Waals surface area contributed by atoms with Crippen LogP contribution in [0, 0.1) is 11.2 Å². The van der Waals surface area contributed by atoms with Gasteiger partial charge in [-0.25, -0.2) is 4.39 Å². The molecule has 2 aromatic carbocycles. The first-order chi connectivity index (χ1) is 16.8. The van der Waals surface area contributed by atoms with E-state index in [9.17, 15) is 4.39 Å². The summed E-state index contributed by atoms with van der Waals surface area (Å²) in [4.78, 5) is 9.32. The van der Waals surface area contributed by atoms with Gasteiger partial charge in [-0.2, -0.15) is 0 Å². The number of hydrogen-bond acceptors (Lipinski definition) is 2. The van der Waals surface area contributed by atoms with Crippen molar-refractivity contribution in [2.75, 3.05) is 0 Å². The molecule has 3 aromatic rings. The van der Waals surface area contributed by atoms with Gasteiger partial charge in [-0.15, -0.1) is 0 Å². The van der Waals surface area contributed by atoms with Crippen molar-refractivity contribution >= 4 is 11.4 Å². The van der Waals surface area contributed by atoms with Crippen LogP contribution < -0.4 is 5.73 Å². The molecular formula is C31H32FN3. The molecule has 2 N–H and O–H groups in total. The Labute approximate surface area is 207 Å². The van der Waals surface area contributed by atoms with Crippen LogP contribution in [0.3, 0.4) is 0 Å². The molecule has 2 atom stereocenters. The van der Waals surface area contributed by atoms with E-state index in [1.165, 1.54) is 29.0 Å². The lowest BCUT2D eigenvalue weighted by Crippen LogP contribution is -2.44. The molecule has 2 aliphatic rings. The van der Waals surface area contributed by atoms with Crippen molar-refractivity contribution < 1.29 is 4.39 Å². The van der Waals surface area contributed by atoms with E-state index in [1.54, 1.807) is 6.20 Å². The zero-order chi connectivity index (χ0) is 24.8. The van der Waals surface area contributed by atoms with Gasteiger partial charge in [0.15, 0.2) is 0 Å². The van der Waals surface area contributed by atoms with E-state index in [0.717, 1.165) is 59.9 Å². The van der Waals surface area contributed by atoms with Crippen LogP contribution in [-0.4, -0.2) is 10.8 Å². The quantitative estimate of drug-likeness (QED) is 0.256. The molecule has 35 heavy (non-hydrogen) atoms. The lowest BCUT2D eigenvalue weighted by atomic mass is 9.61. The van der Waals surface area contributed by atoms with Gasteiger partial charge in [0.05, 0.1) is 12.0 Å². The molecule has 2 aliphatic carbocycles. The van der Waals surface area contributed by atoms with Crippen molar-refractivity contribution in [3.63, 3.8) is 0 Å². The number of benzene rings is 2. The molecule has 0 radical (unpaired) electrons. The van der Waals surface area contributed by atoms with Crippen molar-refractivity contribution in [3.05, 3.63) is 108 Å². The van der Waals surface area contributed by atoms with Gasteiger partial charge in [0.2, 0.25) is 0 Å². The molecule has 3 nitrogen and oxygen atoms in total. The maximum atomic E-state index is 14.0. The molecule has 1 spiro atoms. The molecule has 178 valence electrons.